The summed E-state index contributed by atoms with van der Waals surface area (Å²) in [6.07, 6.45) is -4.48. The average molecular weight is 303 g/mol. The number of benzene rings is 2. The van der Waals surface area contributed by atoms with Crippen molar-refractivity contribution >= 4 is 11.6 Å². The number of rotatable bonds is 3. The summed E-state index contributed by atoms with van der Waals surface area (Å²) < 4.78 is 42.7. The topological polar surface area (TPSA) is 29.5 Å². The minimum absolute atomic E-state index is 0.0513. The van der Waals surface area contributed by atoms with Gasteiger partial charge >= 0.3 is 6.18 Å². The van der Waals surface area contributed by atoms with Gasteiger partial charge in [0.1, 0.15) is 18.1 Å². The van der Waals surface area contributed by atoms with Crippen LogP contribution in [0.25, 0.3) is 0 Å². The largest absolute Gasteiger partial charge is 0.508 e. The number of halogens is 4. The first kappa shape index (κ1) is 14.5. The van der Waals surface area contributed by atoms with E-state index in [4.69, 9.17) is 16.3 Å². The van der Waals surface area contributed by atoms with Gasteiger partial charge in [-0.3, -0.25) is 0 Å². The molecular formula is C14H10ClF3O2. The Hall–Kier alpha value is -1.88. The zero-order chi connectivity index (χ0) is 14.8. The maximum absolute atomic E-state index is 12.4. The number of hydrogen-bond donors (Lipinski definition) is 1. The van der Waals surface area contributed by atoms with Crippen molar-refractivity contribution in [3.8, 4) is 11.5 Å². The molecule has 0 spiro atoms. The molecule has 0 atom stereocenters. The fourth-order valence-electron chi connectivity index (χ4n) is 1.58. The molecule has 0 saturated carbocycles. The van der Waals surface area contributed by atoms with E-state index in [0.29, 0.717) is 16.8 Å². The monoisotopic (exact) mass is 302 g/mol. The lowest BCUT2D eigenvalue weighted by molar-refractivity contribution is -0.137. The second-order valence-corrected chi connectivity index (χ2v) is 4.52. The molecule has 0 aliphatic heterocycles. The van der Waals surface area contributed by atoms with E-state index in [2.05, 4.69) is 0 Å². The Kier molecular flexibility index (Phi) is 4.09. The molecule has 0 saturated heterocycles. The molecule has 0 heterocycles. The average Bonchev–Trinajstić information content (AvgIpc) is 2.36. The van der Waals surface area contributed by atoms with Gasteiger partial charge in [0.15, 0.2) is 0 Å². The molecule has 6 heteroatoms. The van der Waals surface area contributed by atoms with Gasteiger partial charge in [-0.15, -0.1) is 0 Å². The van der Waals surface area contributed by atoms with E-state index in [1.165, 1.54) is 6.07 Å². The van der Waals surface area contributed by atoms with Crippen LogP contribution in [-0.2, 0) is 12.8 Å². The molecule has 2 aromatic carbocycles. The summed E-state index contributed by atoms with van der Waals surface area (Å²) in [6.45, 7) is -0.0513. The number of phenolic OH excluding ortho intramolecular Hbond substituents is 1. The first-order valence-electron chi connectivity index (χ1n) is 5.64. The molecule has 0 aromatic heterocycles. The van der Waals surface area contributed by atoms with E-state index >= 15 is 0 Å². The van der Waals surface area contributed by atoms with Gasteiger partial charge in [0.2, 0.25) is 0 Å². The van der Waals surface area contributed by atoms with E-state index in [1.807, 2.05) is 0 Å². The molecule has 2 nitrogen and oxygen atoms in total. The lowest BCUT2D eigenvalue weighted by Crippen LogP contribution is -2.05. The van der Waals surface area contributed by atoms with Gasteiger partial charge in [0.25, 0.3) is 0 Å². The summed E-state index contributed by atoms with van der Waals surface area (Å²) in [5, 5.41) is 10.1. The molecule has 0 bridgehead atoms. The zero-order valence-electron chi connectivity index (χ0n) is 10.1. The maximum atomic E-state index is 12.4. The predicted octanol–water partition coefficient (Wildman–Crippen LogP) is 4.64. The SMILES string of the molecule is Oc1cc(C(F)(F)F)ccc1COc1cccc(Cl)c1. The van der Waals surface area contributed by atoms with Crippen LogP contribution in [0.15, 0.2) is 42.5 Å². The molecule has 0 aliphatic carbocycles. The molecule has 2 rings (SSSR count). The highest BCUT2D eigenvalue weighted by Crippen LogP contribution is 2.33. The molecule has 106 valence electrons. The first-order chi connectivity index (χ1) is 9.36. The lowest BCUT2D eigenvalue weighted by atomic mass is 10.1. The molecule has 0 radical (unpaired) electrons. The van der Waals surface area contributed by atoms with Gasteiger partial charge < -0.3 is 9.84 Å². The summed E-state index contributed by atoms with van der Waals surface area (Å²) in [5.74, 6) is 0.0126. The summed E-state index contributed by atoms with van der Waals surface area (Å²) in [6, 6.07) is 9.35. The van der Waals surface area contributed by atoms with Crippen molar-refractivity contribution in [3.63, 3.8) is 0 Å². The fraction of sp³-hybridized carbons (Fsp3) is 0.143. The van der Waals surface area contributed by atoms with Crippen LogP contribution in [0.5, 0.6) is 11.5 Å². The summed E-state index contributed by atoms with van der Waals surface area (Å²) in [7, 11) is 0. The van der Waals surface area contributed by atoms with Crippen molar-refractivity contribution in [2.24, 2.45) is 0 Å². The van der Waals surface area contributed by atoms with E-state index in [0.717, 1.165) is 6.07 Å². The fourth-order valence-corrected chi connectivity index (χ4v) is 1.76. The van der Waals surface area contributed by atoms with Crippen LogP contribution in [0.4, 0.5) is 13.2 Å². The van der Waals surface area contributed by atoms with Crippen LogP contribution in [0.3, 0.4) is 0 Å². The van der Waals surface area contributed by atoms with E-state index in [9.17, 15) is 18.3 Å². The van der Waals surface area contributed by atoms with Crippen LogP contribution in [-0.4, -0.2) is 5.11 Å². The van der Waals surface area contributed by atoms with Gasteiger partial charge in [-0.2, -0.15) is 13.2 Å². The van der Waals surface area contributed by atoms with Gasteiger partial charge in [-0.25, -0.2) is 0 Å². The predicted molar refractivity (Wildman–Crippen MR) is 68.9 cm³/mol. The quantitative estimate of drug-likeness (QED) is 0.894. The molecule has 2 aromatic rings. The van der Waals surface area contributed by atoms with Crippen molar-refractivity contribution in [2.75, 3.05) is 0 Å². The highest BCUT2D eigenvalue weighted by molar-refractivity contribution is 6.30. The molecule has 1 N–H and O–H groups in total. The second-order valence-electron chi connectivity index (χ2n) is 4.09. The smallest absolute Gasteiger partial charge is 0.416 e. The molecule has 20 heavy (non-hydrogen) atoms. The Morgan fingerprint density at radius 3 is 2.45 bits per heavy atom. The summed E-state index contributed by atoms with van der Waals surface area (Å²) in [5.41, 5.74) is -0.639. The van der Waals surface area contributed by atoms with E-state index < -0.39 is 17.5 Å². The molecular weight excluding hydrogens is 293 g/mol. The Balaban J connectivity index is 2.11. The minimum Gasteiger partial charge on any atom is -0.508 e. The second kappa shape index (κ2) is 5.63. The van der Waals surface area contributed by atoms with E-state index in [-0.39, 0.29) is 12.2 Å². The van der Waals surface area contributed by atoms with Gasteiger partial charge in [-0.05, 0) is 30.3 Å². The zero-order valence-corrected chi connectivity index (χ0v) is 10.9. The standard InChI is InChI=1S/C14H10ClF3O2/c15-11-2-1-3-12(7-11)20-8-9-4-5-10(6-13(9)19)14(16,17)18/h1-7,19H,8H2. The maximum Gasteiger partial charge on any atom is 0.416 e. The van der Waals surface area contributed by atoms with Crippen molar-refractivity contribution in [1.82, 2.24) is 0 Å². The Morgan fingerprint density at radius 2 is 1.85 bits per heavy atom. The van der Waals surface area contributed by atoms with Crippen LogP contribution in [0.2, 0.25) is 5.02 Å². The van der Waals surface area contributed by atoms with Gasteiger partial charge in [-0.1, -0.05) is 23.7 Å². The first-order valence-corrected chi connectivity index (χ1v) is 6.01. The Labute approximate surface area is 118 Å². The molecule has 0 amide bonds. The van der Waals surface area contributed by atoms with Crippen molar-refractivity contribution in [3.05, 3.63) is 58.6 Å². The Bertz CT molecular complexity index is 612. The third-order valence-corrected chi connectivity index (χ3v) is 2.84. The summed E-state index contributed by atoms with van der Waals surface area (Å²) >= 11 is 5.77. The minimum atomic E-state index is -4.48. The number of aromatic hydroxyl groups is 1. The van der Waals surface area contributed by atoms with Crippen molar-refractivity contribution in [1.29, 1.82) is 0 Å². The van der Waals surface area contributed by atoms with Crippen LogP contribution < -0.4 is 4.74 Å². The van der Waals surface area contributed by atoms with Crippen molar-refractivity contribution < 1.29 is 23.0 Å². The third-order valence-electron chi connectivity index (χ3n) is 2.60. The molecule has 0 unspecified atom stereocenters. The lowest BCUT2D eigenvalue weighted by Gasteiger charge is -2.11. The number of ether oxygens (including phenoxy) is 1. The highest BCUT2D eigenvalue weighted by atomic mass is 35.5. The highest BCUT2D eigenvalue weighted by Gasteiger charge is 2.31. The van der Waals surface area contributed by atoms with Gasteiger partial charge in [0, 0.05) is 10.6 Å². The number of phenols is 1. The van der Waals surface area contributed by atoms with Crippen molar-refractivity contribution in [2.45, 2.75) is 12.8 Å². The van der Waals surface area contributed by atoms with Crippen LogP contribution in [0.1, 0.15) is 11.1 Å². The normalized spacial score (nSPS) is 11.4. The number of hydrogen-bond acceptors (Lipinski definition) is 2. The Morgan fingerprint density at radius 1 is 1.10 bits per heavy atom. The van der Waals surface area contributed by atoms with E-state index in [1.54, 1.807) is 24.3 Å². The van der Waals surface area contributed by atoms with Crippen LogP contribution in [0, 0.1) is 0 Å². The molecule has 0 aliphatic rings. The third kappa shape index (κ3) is 3.57. The van der Waals surface area contributed by atoms with Gasteiger partial charge in [0.05, 0.1) is 5.56 Å². The molecule has 0 fully saturated rings. The summed E-state index contributed by atoms with van der Waals surface area (Å²) in [4.78, 5) is 0. The number of alkyl halides is 3. The van der Waals surface area contributed by atoms with Crippen LogP contribution >= 0.6 is 11.6 Å².